The standard InChI is InChI=1S/C28H28BrNO3S/c1-21-15-17-24(18-16-21)34(32,33)30-27(23-12-6-3-7-13-23)20-26(22-10-4-2-5-11-22)25(28(30)31)14-8-9-19-29/h2-7,10-13,15-18,20,25-26H,8-9,14,19H2,1H3/t25-,26-/m1/s1. The predicted octanol–water partition coefficient (Wildman–Crippen LogP) is 6.53. The van der Waals surface area contributed by atoms with Crippen LogP contribution in [0.1, 0.15) is 41.9 Å². The fourth-order valence-electron chi connectivity index (χ4n) is 4.43. The van der Waals surface area contributed by atoms with Gasteiger partial charge in [-0.3, -0.25) is 4.79 Å². The van der Waals surface area contributed by atoms with Crippen LogP contribution in [0.3, 0.4) is 0 Å². The zero-order valence-electron chi connectivity index (χ0n) is 19.1. The lowest BCUT2D eigenvalue weighted by Gasteiger charge is -2.37. The number of unbranched alkanes of at least 4 members (excludes halogenated alkanes) is 1. The number of amides is 1. The van der Waals surface area contributed by atoms with E-state index in [9.17, 15) is 13.2 Å². The van der Waals surface area contributed by atoms with E-state index in [4.69, 9.17) is 0 Å². The van der Waals surface area contributed by atoms with Crippen molar-refractivity contribution >= 4 is 37.6 Å². The second kappa shape index (κ2) is 10.7. The summed E-state index contributed by atoms with van der Waals surface area (Å²) in [5.41, 5.74) is 3.09. The van der Waals surface area contributed by atoms with Crippen LogP contribution in [0, 0.1) is 12.8 Å². The maximum Gasteiger partial charge on any atom is 0.270 e. The number of sulfonamides is 1. The molecule has 1 amide bonds. The zero-order chi connectivity index (χ0) is 24.1. The molecule has 0 saturated heterocycles. The van der Waals surface area contributed by atoms with Gasteiger partial charge in [-0.1, -0.05) is 107 Å². The van der Waals surface area contributed by atoms with E-state index in [0.29, 0.717) is 17.7 Å². The molecule has 2 atom stereocenters. The molecule has 176 valence electrons. The molecule has 4 rings (SSSR count). The van der Waals surface area contributed by atoms with Crippen molar-refractivity contribution in [1.29, 1.82) is 0 Å². The summed E-state index contributed by atoms with van der Waals surface area (Å²) in [6.45, 7) is 1.90. The van der Waals surface area contributed by atoms with Gasteiger partial charge in [0.1, 0.15) is 0 Å². The number of nitrogens with zero attached hydrogens (tertiary/aromatic N) is 1. The quantitative estimate of drug-likeness (QED) is 0.242. The average molecular weight is 539 g/mol. The number of hydrogen-bond donors (Lipinski definition) is 0. The summed E-state index contributed by atoms with van der Waals surface area (Å²) in [6.07, 6.45) is 4.34. The van der Waals surface area contributed by atoms with Crippen LogP contribution in [0.4, 0.5) is 0 Å². The van der Waals surface area contributed by atoms with E-state index < -0.39 is 15.9 Å². The van der Waals surface area contributed by atoms with Gasteiger partial charge in [0.25, 0.3) is 10.0 Å². The van der Waals surface area contributed by atoms with Crippen LogP contribution in [-0.2, 0) is 14.8 Å². The highest BCUT2D eigenvalue weighted by molar-refractivity contribution is 9.09. The lowest BCUT2D eigenvalue weighted by Crippen LogP contribution is -2.44. The van der Waals surface area contributed by atoms with Crippen molar-refractivity contribution in [2.45, 2.75) is 37.0 Å². The van der Waals surface area contributed by atoms with E-state index in [1.54, 1.807) is 24.3 Å². The molecule has 1 aliphatic rings. The molecule has 3 aromatic rings. The van der Waals surface area contributed by atoms with Crippen LogP contribution in [0.15, 0.2) is 95.9 Å². The third-order valence-corrected chi connectivity index (χ3v) is 8.51. The number of rotatable bonds is 8. The number of benzene rings is 3. The highest BCUT2D eigenvalue weighted by atomic mass is 79.9. The molecule has 4 nitrogen and oxygen atoms in total. The second-order valence-corrected chi connectivity index (χ2v) is 11.1. The van der Waals surface area contributed by atoms with Crippen molar-refractivity contribution in [3.8, 4) is 0 Å². The van der Waals surface area contributed by atoms with Gasteiger partial charge in [-0.15, -0.1) is 0 Å². The SMILES string of the molecule is Cc1ccc(S(=O)(=O)N2C(=O)[C@H](CCCCBr)[C@@H](c3ccccc3)C=C2c2ccccc2)cc1. The highest BCUT2D eigenvalue weighted by Crippen LogP contribution is 2.42. The second-order valence-electron chi connectivity index (χ2n) is 8.57. The summed E-state index contributed by atoms with van der Waals surface area (Å²) >= 11 is 3.47. The average Bonchev–Trinajstić information content (AvgIpc) is 2.86. The Hall–Kier alpha value is -2.70. The number of carbonyl (C=O) groups is 1. The molecule has 3 aromatic carbocycles. The van der Waals surface area contributed by atoms with Gasteiger partial charge in [0.05, 0.1) is 10.6 Å². The van der Waals surface area contributed by atoms with E-state index in [1.807, 2.05) is 73.7 Å². The van der Waals surface area contributed by atoms with Crippen molar-refractivity contribution in [1.82, 2.24) is 4.31 Å². The van der Waals surface area contributed by atoms with Crippen LogP contribution in [-0.4, -0.2) is 24.0 Å². The summed E-state index contributed by atoms with van der Waals surface area (Å²) in [5.74, 6) is -1.04. The minimum Gasteiger partial charge on any atom is -0.273 e. The molecule has 0 N–H and O–H groups in total. The lowest BCUT2D eigenvalue weighted by molar-refractivity contribution is -0.129. The van der Waals surface area contributed by atoms with Crippen molar-refractivity contribution in [2.75, 3.05) is 5.33 Å². The van der Waals surface area contributed by atoms with E-state index >= 15 is 0 Å². The van der Waals surface area contributed by atoms with Gasteiger partial charge in [-0.2, -0.15) is 0 Å². The monoisotopic (exact) mass is 537 g/mol. The van der Waals surface area contributed by atoms with E-state index in [-0.39, 0.29) is 16.7 Å². The third-order valence-electron chi connectivity index (χ3n) is 6.22. The van der Waals surface area contributed by atoms with E-state index in [1.165, 1.54) is 0 Å². The van der Waals surface area contributed by atoms with Gasteiger partial charge < -0.3 is 0 Å². The lowest BCUT2D eigenvalue weighted by atomic mass is 9.79. The molecule has 0 radical (unpaired) electrons. The Balaban J connectivity index is 1.89. The number of carbonyl (C=O) groups excluding carboxylic acids is 1. The Bertz CT molecular complexity index is 1260. The van der Waals surface area contributed by atoms with Crippen LogP contribution < -0.4 is 0 Å². The van der Waals surface area contributed by atoms with Gasteiger partial charge in [0.2, 0.25) is 5.91 Å². The van der Waals surface area contributed by atoms with Gasteiger partial charge in [0, 0.05) is 17.2 Å². The molecule has 34 heavy (non-hydrogen) atoms. The molecule has 0 unspecified atom stereocenters. The van der Waals surface area contributed by atoms with Gasteiger partial charge in [0.15, 0.2) is 0 Å². The fraction of sp³-hybridized carbons (Fsp3) is 0.250. The largest absolute Gasteiger partial charge is 0.273 e. The molecule has 0 fully saturated rings. The Labute approximate surface area is 210 Å². The van der Waals surface area contributed by atoms with Crippen molar-refractivity contribution in [3.63, 3.8) is 0 Å². The first-order valence-electron chi connectivity index (χ1n) is 11.5. The molecule has 6 heteroatoms. The third kappa shape index (κ3) is 5.03. The Morgan fingerprint density at radius 2 is 1.47 bits per heavy atom. The molecule has 1 heterocycles. The number of allylic oxidation sites excluding steroid dienone is 1. The molecule has 0 aromatic heterocycles. The van der Waals surface area contributed by atoms with E-state index in [0.717, 1.165) is 33.6 Å². The van der Waals surface area contributed by atoms with Gasteiger partial charge in [-0.25, -0.2) is 12.7 Å². The normalized spacial score (nSPS) is 18.6. The van der Waals surface area contributed by atoms with Crippen LogP contribution in [0.2, 0.25) is 0 Å². The smallest absolute Gasteiger partial charge is 0.270 e. The van der Waals surface area contributed by atoms with Gasteiger partial charge in [-0.05, 0) is 43.0 Å². The van der Waals surface area contributed by atoms with E-state index in [2.05, 4.69) is 15.9 Å². The van der Waals surface area contributed by atoms with Crippen LogP contribution >= 0.6 is 15.9 Å². The molecular weight excluding hydrogens is 510 g/mol. The van der Waals surface area contributed by atoms with Gasteiger partial charge >= 0.3 is 0 Å². The highest BCUT2D eigenvalue weighted by Gasteiger charge is 2.43. The Morgan fingerprint density at radius 1 is 0.853 bits per heavy atom. The Kier molecular flexibility index (Phi) is 7.69. The summed E-state index contributed by atoms with van der Waals surface area (Å²) in [6, 6.07) is 25.9. The summed E-state index contributed by atoms with van der Waals surface area (Å²) in [7, 11) is -4.09. The first-order valence-corrected chi connectivity index (χ1v) is 14.0. The summed E-state index contributed by atoms with van der Waals surface area (Å²) in [4.78, 5) is 14.2. The first-order chi connectivity index (χ1) is 16.4. The fourth-order valence-corrected chi connectivity index (χ4v) is 6.31. The number of aryl methyl sites for hydroxylation is 1. The molecule has 0 aliphatic carbocycles. The number of hydrogen-bond acceptors (Lipinski definition) is 3. The maximum absolute atomic E-state index is 14.1. The van der Waals surface area contributed by atoms with Crippen LogP contribution in [0.5, 0.6) is 0 Å². The number of alkyl halides is 1. The molecule has 0 saturated carbocycles. The molecule has 1 aliphatic heterocycles. The van der Waals surface area contributed by atoms with Crippen LogP contribution in [0.25, 0.3) is 5.70 Å². The Morgan fingerprint density at radius 3 is 2.09 bits per heavy atom. The minimum absolute atomic E-state index is 0.116. The number of halogens is 1. The van der Waals surface area contributed by atoms with Crippen molar-refractivity contribution in [2.24, 2.45) is 5.92 Å². The zero-order valence-corrected chi connectivity index (χ0v) is 21.5. The molecule has 0 bridgehead atoms. The molecular formula is C28H28BrNO3S. The first kappa shape index (κ1) is 24.4. The minimum atomic E-state index is -4.09. The molecule has 0 spiro atoms. The summed E-state index contributed by atoms with van der Waals surface area (Å²) in [5, 5.41) is 0.848. The summed E-state index contributed by atoms with van der Waals surface area (Å²) < 4.78 is 28.8. The topological polar surface area (TPSA) is 54.5 Å². The predicted molar refractivity (Wildman–Crippen MR) is 140 cm³/mol. The van der Waals surface area contributed by atoms with Crippen molar-refractivity contribution < 1.29 is 13.2 Å². The van der Waals surface area contributed by atoms with Crippen molar-refractivity contribution in [3.05, 3.63) is 108 Å². The maximum atomic E-state index is 14.1.